The Kier molecular flexibility index (Phi) is 5.98. The van der Waals surface area contributed by atoms with E-state index < -0.39 is 49.8 Å². The van der Waals surface area contributed by atoms with Crippen molar-refractivity contribution in [1.82, 2.24) is 4.72 Å². The summed E-state index contributed by atoms with van der Waals surface area (Å²) in [6.07, 6.45) is -4.80. The second-order valence-corrected chi connectivity index (χ2v) is 7.84. The highest BCUT2D eigenvalue weighted by Gasteiger charge is 2.32. The summed E-state index contributed by atoms with van der Waals surface area (Å²) in [4.78, 5) is 11.7. The highest BCUT2D eigenvalue weighted by Crippen LogP contribution is 2.31. The minimum absolute atomic E-state index is 0.0543. The summed E-state index contributed by atoms with van der Waals surface area (Å²) in [7, 11) is -4.74. The monoisotopic (exact) mass is 457 g/mol. The van der Waals surface area contributed by atoms with Gasteiger partial charge in [0.2, 0.25) is 0 Å². The maximum absolute atomic E-state index is 13.7. The fraction of sp³-hybridized carbons (Fsp3) is 0.0500. The number of halogens is 5. The van der Waals surface area contributed by atoms with Gasteiger partial charge in [0.1, 0.15) is 23.1 Å². The van der Waals surface area contributed by atoms with E-state index in [-0.39, 0.29) is 11.5 Å². The van der Waals surface area contributed by atoms with Crippen LogP contribution in [0.2, 0.25) is 0 Å². The van der Waals surface area contributed by atoms with Crippen LogP contribution in [0.1, 0.15) is 15.9 Å². The van der Waals surface area contributed by atoms with E-state index in [1.807, 2.05) is 0 Å². The summed E-state index contributed by atoms with van der Waals surface area (Å²) in [6.45, 7) is 0. The number of hydrogen-bond donors (Lipinski definition) is 1. The molecule has 3 aromatic rings. The van der Waals surface area contributed by atoms with Crippen molar-refractivity contribution in [3.05, 3.63) is 89.5 Å². The van der Waals surface area contributed by atoms with Crippen LogP contribution in [0.25, 0.3) is 0 Å². The third-order valence-corrected chi connectivity index (χ3v) is 5.24. The molecule has 5 nitrogen and oxygen atoms in total. The molecular weight excluding hydrogens is 445 g/mol. The molecule has 11 heteroatoms. The van der Waals surface area contributed by atoms with Crippen molar-refractivity contribution in [2.45, 2.75) is 11.1 Å². The fourth-order valence-electron chi connectivity index (χ4n) is 2.50. The minimum atomic E-state index is -4.80. The Morgan fingerprint density at radius 1 is 0.871 bits per heavy atom. The first-order chi connectivity index (χ1) is 14.5. The van der Waals surface area contributed by atoms with Crippen LogP contribution in [0.3, 0.4) is 0 Å². The zero-order valence-corrected chi connectivity index (χ0v) is 16.1. The first-order valence-electron chi connectivity index (χ1n) is 8.43. The molecule has 0 saturated heterocycles. The van der Waals surface area contributed by atoms with Crippen molar-refractivity contribution < 1.29 is 39.9 Å². The fourth-order valence-corrected chi connectivity index (χ4v) is 3.51. The average molecular weight is 457 g/mol. The molecule has 0 aliphatic heterocycles. The van der Waals surface area contributed by atoms with Crippen LogP contribution >= 0.6 is 0 Å². The lowest BCUT2D eigenvalue weighted by atomic mass is 10.2. The van der Waals surface area contributed by atoms with Gasteiger partial charge in [-0.1, -0.05) is 12.1 Å². The summed E-state index contributed by atoms with van der Waals surface area (Å²) in [5.74, 6) is -3.28. The van der Waals surface area contributed by atoms with Crippen molar-refractivity contribution in [2.75, 3.05) is 0 Å². The molecule has 0 saturated carbocycles. The standard InChI is InChI=1S/C20H12F5NO4S/c21-13-4-2-5-15(10-13)30-18-8-7-14(22)11-17(18)19(27)26-31(28,29)16-6-1-3-12(9-16)20(23,24)25/h1-11H,(H,26,27). The van der Waals surface area contributed by atoms with Gasteiger partial charge in [0.25, 0.3) is 15.9 Å². The number of rotatable bonds is 5. The van der Waals surface area contributed by atoms with Gasteiger partial charge in [-0.05, 0) is 48.5 Å². The molecular formula is C20H12F5NO4S. The van der Waals surface area contributed by atoms with E-state index in [9.17, 15) is 35.2 Å². The summed E-state index contributed by atoms with van der Waals surface area (Å²) in [5, 5.41) is 0. The van der Waals surface area contributed by atoms with E-state index in [2.05, 4.69) is 0 Å². The van der Waals surface area contributed by atoms with E-state index in [0.717, 1.165) is 36.4 Å². The molecule has 31 heavy (non-hydrogen) atoms. The van der Waals surface area contributed by atoms with Gasteiger partial charge < -0.3 is 4.74 Å². The van der Waals surface area contributed by atoms with Crippen LogP contribution in [0.15, 0.2) is 71.6 Å². The predicted octanol–water partition coefficient (Wildman–Crippen LogP) is 4.89. The number of sulfonamides is 1. The Morgan fingerprint density at radius 3 is 2.23 bits per heavy atom. The van der Waals surface area contributed by atoms with E-state index in [4.69, 9.17) is 4.74 Å². The normalized spacial score (nSPS) is 11.8. The number of carbonyl (C=O) groups is 1. The molecule has 1 N–H and O–H groups in total. The Balaban J connectivity index is 1.92. The van der Waals surface area contributed by atoms with Crippen LogP contribution in [-0.2, 0) is 16.2 Å². The largest absolute Gasteiger partial charge is 0.456 e. The van der Waals surface area contributed by atoms with Crippen LogP contribution in [0.4, 0.5) is 22.0 Å². The SMILES string of the molecule is O=C(NS(=O)(=O)c1cccc(C(F)(F)F)c1)c1cc(F)ccc1Oc1cccc(F)c1. The Hall–Kier alpha value is -3.47. The summed E-state index contributed by atoms with van der Waals surface area (Å²) < 4.78 is 97.3. The molecule has 0 fully saturated rings. The predicted molar refractivity (Wildman–Crippen MR) is 99.0 cm³/mol. The molecule has 3 rings (SSSR count). The lowest BCUT2D eigenvalue weighted by molar-refractivity contribution is -0.137. The van der Waals surface area contributed by atoms with E-state index in [0.29, 0.717) is 18.2 Å². The Morgan fingerprint density at radius 2 is 1.55 bits per heavy atom. The van der Waals surface area contributed by atoms with Crippen LogP contribution in [0.5, 0.6) is 11.5 Å². The smallest absolute Gasteiger partial charge is 0.416 e. The first-order valence-corrected chi connectivity index (χ1v) is 9.91. The van der Waals surface area contributed by atoms with Gasteiger partial charge in [-0.15, -0.1) is 0 Å². The molecule has 0 atom stereocenters. The molecule has 0 unspecified atom stereocenters. The molecule has 162 valence electrons. The summed E-state index contributed by atoms with van der Waals surface area (Å²) in [5.41, 5.74) is -1.80. The molecule has 0 aromatic heterocycles. The van der Waals surface area contributed by atoms with Gasteiger partial charge in [-0.3, -0.25) is 4.79 Å². The molecule has 0 heterocycles. The molecule has 0 bridgehead atoms. The number of benzene rings is 3. The van der Waals surface area contributed by atoms with Gasteiger partial charge >= 0.3 is 6.18 Å². The first kappa shape index (κ1) is 22.2. The van der Waals surface area contributed by atoms with Crippen molar-refractivity contribution in [3.8, 4) is 11.5 Å². The lowest BCUT2D eigenvalue weighted by Gasteiger charge is -2.13. The van der Waals surface area contributed by atoms with Gasteiger partial charge in [0.15, 0.2) is 0 Å². The van der Waals surface area contributed by atoms with Crippen molar-refractivity contribution >= 4 is 15.9 Å². The highest BCUT2D eigenvalue weighted by molar-refractivity contribution is 7.90. The number of amides is 1. The summed E-state index contributed by atoms with van der Waals surface area (Å²) in [6, 6.07) is 10.1. The van der Waals surface area contributed by atoms with Crippen molar-refractivity contribution in [2.24, 2.45) is 0 Å². The van der Waals surface area contributed by atoms with Crippen LogP contribution < -0.4 is 9.46 Å². The number of ether oxygens (including phenoxy) is 1. The third-order valence-electron chi connectivity index (χ3n) is 3.91. The van der Waals surface area contributed by atoms with Crippen molar-refractivity contribution in [3.63, 3.8) is 0 Å². The second-order valence-electron chi connectivity index (χ2n) is 6.16. The van der Waals surface area contributed by atoms with E-state index in [1.165, 1.54) is 12.1 Å². The molecule has 0 aliphatic rings. The topological polar surface area (TPSA) is 72.5 Å². The zero-order chi connectivity index (χ0) is 22.8. The van der Waals surface area contributed by atoms with Gasteiger partial charge in [0.05, 0.1) is 16.0 Å². The zero-order valence-electron chi connectivity index (χ0n) is 15.3. The van der Waals surface area contributed by atoms with Gasteiger partial charge in [-0.25, -0.2) is 21.9 Å². The van der Waals surface area contributed by atoms with Gasteiger partial charge in [-0.2, -0.15) is 13.2 Å². The maximum Gasteiger partial charge on any atom is 0.416 e. The van der Waals surface area contributed by atoms with E-state index >= 15 is 0 Å². The number of hydrogen-bond acceptors (Lipinski definition) is 4. The maximum atomic E-state index is 13.7. The number of nitrogens with one attached hydrogen (secondary N) is 1. The van der Waals surface area contributed by atoms with Crippen LogP contribution in [-0.4, -0.2) is 14.3 Å². The molecule has 0 radical (unpaired) electrons. The van der Waals surface area contributed by atoms with Gasteiger partial charge in [0, 0.05) is 6.07 Å². The third kappa shape index (κ3) is 5.37. The second kappa shape index (κ2) is 8.34. The molecule has 3 aromatic carbocycles. The average Bonchev–Trinajstić information content (AvgIpc) is 2.68. The minimum Gasteiger partial charge on any atom is -0.456 e. The van der Waals surface area contributed by atoms with Crippen LogP contribution in [0, 0.1) is 11.6 Å². The Labute approximate surface area is 173 Å². The Bertz CT molecular complexity index is 1240. The molecule has 1 amide bonds. The quantitative estimate of drug-likeness (QED) is 0.554. The summed E-state index contributed by atoms with van der Waals surface area (Å²) >= 11 is 0. The number of carbonyl (C=O) groups excluding carboxylic acids is 1. The molecule has 0 aliphatic carbocycles. The molecule has 0 spiro atoms. The number of alkyl halides is 3. The van der Waals surface area contributed by atoms with E-state index in [1.54, 1.807) is 4.72 Å². The van der Waals surface area contributed by atoms with Crippen molar-refractivity contribution in [1.29, 1.82) is 0 Å². The highest BCUT2D eigenvalue weighted by atomic mass is 32.2. The lowest BCUT2D eigenvalue weighted by Crippen LogP contribution is -2.31.